The quantitative estimate of drug-likeness (QED) is 0.777. The Morgan fingerprint density at radius 3 is 2.58 bits per heavy atom. The largest absolute Gasteiger partial charge is 0.331 e. The van der Waals surface area contributed by atoms with Crippen molar-refractivity contribution in [3.8, 4) is 0 Å². The monoisotopic (exact) mass is 259 g/mol. The molecule has 1 saturated heterocycles. The number of rotatable bonds is 1. The molecule has 102 valence electrons. The Morgan fingerprint density at radius 2 is 1.95 bits per heavy atom. The summed E-state index contributed by atoms with van der Waals surface area (Å²) in [6.07, 6.45) is 0.739. The summed E-state index contributed by atoms with van der Waals surface area (Å²) in [6.45, 7) is 8.71. The summed E-state index contributed by atoms with van der Waals surface area (Å²) < 4.78 is 0. The molecule has 0 atom stereocenters. The van der Waals surface area contributed by atoms with Gasteiger partial charge in [-0.3, -0.25) is 9.59 Å². The van der Waals surface area contributed by atoms with Gasteiger partial charge in [0.1, 0.15) is 0 Å². The van der Waals surface area contributed by atoms with Crippen molar-refractivity contribution in [2.45, 2.75) is 34.1 Å². The zero-order chi connectivity index (χ0) is 14.2. The first kappa shape index (κ1) is 13.8. The molecule has 0 aliphatic carbocycles. The summed E-state index contributed by atoms with van der Waals surface area (Å²) in [4.78, 5) is 26.2. The van der Waals surface area contributed by atoms with E-state index in [1.807, 2.05) is 45.9 Å². The molecule has 0 radical (unpaired) electrons. The van der Waals surface area contributed by atoms with E-state index in [-0.39, 0.29) is 23.7 Å². The van der Waals surface area contributed by atoms with Gasteiger partial charge in [0.05, 0.1) is 6.54 Å². The molecule has 3 nitrogen and oxygen atoms in total. The van der Waals surface area contributed by atoms with Crippen LogP contribution < -0.4 is 0 Å². The zero-order valence-electron chi connectivity index (χ0n) is 12.1. The predicted molar refractivity (Wildman–Crippen MR) is 75.2 cm³/mol. The van der Waals surface area contributed by atoms with Crippen LogP contribution in [0.1, 0.15) is 41.8 Å². The molecule has 0 unspecified atom stereocenters. The maximum absolute atomic E-state index is 12.5. The average Bonchev–Trinajstić information content (AvgIpc) is 2.35. The molecule has 1 aromatic carbocycles. The van der Waals surface area contributed by atoms with E-state index < -0.39 is 0 Å². The molecule has 0 spiro atoms. The Balaban J connectivity index is 2.22. The third-order valence-corrected chi connectivity index (χ3v) is 4.01. The van der Waals surface area contributed by atoms with Gasteiger partial charge in [-0.2, -0.15) is 0 Å². The fourth-order valence-electron chi connectivity index (χ4n) is 2.33. The van der Waals surface area contributed by atoms with E-state index in [1.54, 1.807) is 4.90 Å². The maximum atomic E-state index is 12.5. The second-order valence-electron chi connectivity index (χ2n) is 6.10. The summed E-state index contributed by atoms with van der Waals surface area (Å²) in [6, 6.07) is 5.86. The van der Waals surface area contributed by atoms with Gasteiger partial charge in [-0.1, -0.05) is 31.5 Å². The lowest BCUT2D eigenvalue weighted by Gasteiger charge is -2.35. The van der Waals surface area contributed by atoms with Crippen molar-refractivity contribution in [1.82, 2.24) is 4.90 Å². The Labute approximate surface area is 114 Å². The van der Waals surface area contributed by atoms with Crippen LogP contribution in [-0.2, 0) is 4.79 Å². The van der Waals surface area contributed by atoms with Crippen LogP contribution in [0.25, 0.3) is 0 Å². The van der Waals surface area contributed by atoms with E-state index in [0.29, 0.717) is 12.1 Å². The van der Waals surface area contributed by atoms with Crippen molar-refractivity contribution in [2.75, 3.05) is 13.1 Å². The summed E-state index contributed by atoms with van der Waals surface area (Å²) in [5.74, 6) is 0.127. The fourth-order valence-corrected chi connectivity index (χ4v) is 2.33. The van der Waals surface area contributed by atoms with Crippen LogP contribution >= 0.6 is 0 Å². The summed E-state index contributed by atoms with van der Waals surface area (Å²) >= 11 is 0. The van der Waals surface area contributed by atoms with E-state index >= 15 is 0 Å². The Hall–Kier alpha value is -1.64. The Kier molecular flexibility index (Phi) is 3.48. The Morgan fingerprint density at radius 1 is 1.26 bits per heavy atom. The maximum Gasteiger partial charge on any atom is 0.254 e. The highest BCUT2D eigenvalue weighted by atomic mass is 16.2. The molecule has 1 heterocycles. The van der Waals surface area contributed by atoms with Gasteiger partial charge in [0.2, 0.25) is 0 Å². The first-order valence-electron chi connectivity index (χ1n) is 6.71. The van der Waals surface area contributed by atoms with Crippen LogP contribution in [0.3, 0.4) is 0 Å². The van der Waals surface area contributed by atoms with Crippen molar-refractivity contribution in [3.05, 3.63) is 34.9 Å². The normalized spacial score (nSPS) is 18.5. The molecule has 1 aliphatic rings. The van der Waals surface area contributed by atoms with Gasteiger partial charge in [-0.05, 0) is 31.9 Å². The van der Waals surface area contributed by atoms with Crippen LogP contribution in [0.5, 0.6) is 0 Å². The van der Waals surface area contributed by atoms with Crippen LogP contribution in [-0.4, -0.2) is 29.7 Å². The number of hydrogen-bond donors (Lipinski definition) is 0. The van der Waals surface area contributed by atoms with Crippen molar-refractivity contribution in [1.29, 1.82) is 0 Å². The number of nitrogens with zero attached hydrogens (tertiary/aromatic N) is 1. The molecular weight excluding hydrogens is 238 g/mol. The number of Topliss-reactive ketones (excluding diaryl/α,β-unsaturated/α-hetero) is 1. The number of benzene rings is 1. The molecule has 3 heteroatoms. The lowest BCUT2D eigenvalue weighted by atomic mass is 9.81. The topological polar surface area (TPSA) is 37.4 Å². The van der Waals surface area contributed by atoms with Crippen molar-refractivity contribution in [3.63, 3.8) is 0 Å². The smallest absolute Gasteiger partial charge is 0.254 e. The lowest BCUT2D eigenvalue weighted by molar-refractivity contribution is -0.130. The SMILES string of the molecule is Cc1ccc(C)c(C(=O)N2CCC(C)(C)C(=O)C2)c1. The van der Waals surface area contributed by atoms with Gasteiger partial charge < -0.3 is 4.90 Å². The van der Waals surface area contributed by atoms with Gasteiger partial charge in [0.25, 0.3) is 5.91 Å². The molecule has 0 bridgehead atoms. The highest BCUT2D eigenvalue weighted by Crippen LogP contribution is 2.28. The van der Waals surface area contributed by atoms with E-state index in [2.05, 4.69) is 0 Å². The van der Waals surface area contributed by atoms with E-state index in [1.165, 1.54) is 0 Å². The number of carbonyl (C=O) groups excluding carboxylic acids is 2. The summed E-state index contributed by atoms with van der Waals surface area (Å²) in [5, 5.41) is 0. The average molecular weight is 259 g/mol. The number of carbonyl (C=O) groups is 2. The first-order chi connectivity index (χ1) is 8.81. The van der Waals surface area contributed by atoms with Gasteiger partial charge in [0.15, 0.2) is 5.78 Å². The molecule has 0 N–H and O–H groups in total. The molecule has 19 heavy (non-hydrogen) atoms. The number of hydrogen-bond acceptors (Lipinski definition) is 2. The van der Waals surface area contributed by atoms with Gasteiger partial charge >= 0.3 is 0 Å². The van der Waals surface area contributed by atoms with Gasteiger partial charge in [-0.25, -0.2) is 0 Å². The standard InChI is InChI=1S/C16H21NO2/c1-11-5-6-12(2)13(9-11)15(19)17-8-7-16(3,4)14(18)10-17/h5-6,9H,7-8,10H2,1-4H3. The first-order valence-corrected chi connectivity index (χ1v) is 6.71. The van der Waals surface area contributed by atoms with Crippen molar-refractivity contribution < 1.29 is 9.59 Å². The second kappa shape index (κ2) is 4.80. The molecule has 1 aliphatic heterocycles. The number of ketones is 1. The van der Waals surface area contributed by atoms with Crippen LogP contribution in [0, 0.1) is 19.3 Å². The number of piperidine rings is 1. The second-order valence-corrected chi connectivity index (χ2v) is 6.10. The molecule has 0 aromatic heterocycles. The summed E-state index contributed by atoms with van der Waals surface area (Å²) in [5.41, 5.74) is 2.45. The highest BCUT2D eigenvalue weighted by Gasteiger charge is 2.35. The third kappa shape index (κ3) is 2.70. The fraction of sp³-hybridized carbons (Fsp3) is 0.500. The highest BCUT2D eigenvalue weighted by molar-refractivity contribution is 5.99. The third-order valence-electron chi connectivity index (χ3n) is 4.01. The molecular formula is C16H21NO2. The van der Waals surface area contributed by atoms with Crippen molar-refractivity contribution >= 4 is 11.7 Å². The molecule has 1 fully saturated rings. The van der Waals surface area contributed by atoms with Crippen LogP contribution in [0.15, 0.2) is 18.2 Å². The minimum Gasteiger partial charge on any atom is -0.331 e. The zero-order valence-corrected chi connectivity index (χ0v) is 12.1. The Bertz CT molecular complexity index is 532. The minimum atomic E-state index is -0.293. The van der Waals surface area contributed by atoms with Gasteiger partial charge in [-0.15, -0.1) is 0 Å². The van der Waals surface area contributed by atoms with Crippen LogP contribution in [0.2, 0.25) is 0 Å². The molecule has 0 saturated carbocycles. The van der Waals surface area contributed by atoms with Crippen molar-refractivity contribution in [2.24, 2.45) is 5.41 Å². The minimum absolute atomic E-state index is 0.0231. The number of amides is 1. The van der Waals surface area contributed by atoms with E-state index in [9.17, 15) is 9.59 Å². The van der Waals surface area contributed by atoms with E-state index in [0.717, 1.165) is 17.5 Å². The number of aryl methyl sites for hydroxylation is 2. The van der Waals surface area contributed by atoms with Crippen LogP contribution in [0.4, 0.5) is 0 Å². The summed E-state index contributed by atoms with van der Waals surface area (Å²) in [7, 11) is 0. The molecule has 1 aromatic rings. The lowest BCUT2D eigenvalue weighted by Crippen LogP contribution is -2.47. The molecule has 1 amide bonds. The predicted octanol–water partition coefficient (Wildman–Crippen LogP) is 2.74. The van der Waals surface area contributed by atoms with Gasteiger partial charge in [0, 0.05) is 17.5 Å². The number of likely N-dealkylation sites (tertiary alicyclic amines) is 1. The molecule has 2 rings (SSSR count). The van der Waals surface area contributed by atoms with E-state index in [4.69, 9.17) is 0 Å².